The van der Waals surface area contributed by atoms with Gasteiger partial charge in [-0.3, -0.25) is 4.99 Å². The molecular formula is C28H31NO. The van der Waals surface area contributed by atoms with Crippen LogP contribution in [0.2, 0.25) is 0 Å². The van der Waals surface area contributed by atoms with Crippen LogP contribution in [-0.2, 0) is 5.41 Å². The van der Waals surface area contributed by atoms with E-state index in [1.807, 2.05) is 25.3 Å². The molecule has 1 aliphatic rings. The fourth-order valence-corrected chi connectivity index (χ4v) is 4.71. The predicted octanol–water partition coefficient (Wildman–Crippen LogP) is 6.81. The molecule has 30 heavy (non-hydrogen) atoms. The minimum absolute atomic E-state index is 0.338. The smallest absolute Gasteiger partial charge is 0.129 e. The van der Waals surface area contributed by atoms with E-state index in [9.17, 15) is 5.11 Å². The third kappa shape index (κ3) is 3.92. The summed E-state index contributed by atoms with van der Waals surface area (Å²) in [5, 5.41) is 11.5. The van der Waals surface area contributed by atoms with E-state index >= 15 is 0 Å². The van der Waals surface area contributed by atoms with Crippen molar-refractivity contribution in [2.75, 3.05) is 0 Å². The minimum atomic E-state index is -0.465. The molecule has 0 heterocycles. The zero-order valence-electron chi connectivity index (χ0n) is 18.0. The lowest BCUT2D eigenvalue weighted by Crippen LogP contribution is -2.26. The Labute approximate surface area is 180 Å². The van der Waals surface area contributed by atoms with Crippen LogP contribution in [0.5, 0.6) is 5.75 Å². The summed E-state index contributed by atoms with van der Waals surface area (Å²) in [6, 6.07) is 25.5. The molecule has 1 fully saturated rings. The molecule has 0 radical (unpaired) electrons. The maximum atomic E-state index is 11.5. The molecule has 0 spiro atoms. The molecule has 0 amide bonds. The highest BCUT2D eigenvalue weighted by atomic mass is 16.3. The van der Waals surface area contributed by atoms with Gasteiger partial charge in [-0.25, -0.2) is 0 Å². The molecule has 0 bridgehead atoms. The number of phenolic OH excluding ortho intramolecular Hbond substituents is 1. The fraction of sp³-hybridized carbons (Fsp3) is 0.321. The van der Waals surface area contributed by atoms with Gasteiger partial charge >= 0.3 is 0 Å². The summed E-state index contributed by atoms with van der Waals surface area (Å²) in [5.41, 5.74) is 4.66. The first-order valence-electron chi connectivity index (χ1n) is 11.1. The molecule has 1 N–H and O–H groups in total. The Morgan fingerprint density at radius 2 is 1.40 bits per heavy atom. The van der Waals surface area contributed by atoms with Crippen molar-refractivity contribution in [3.8, 4) is 5.75 Å². The van der Waals surface area contributed by atoms with Gasteiger partial charge in [0.15, 0.2) is 0 Å². The number of benzene rings is 3. The van der Waals surface area contributed by atoms with E-state index in [-0.39, 0.29) is 0 Å². The van der Waals surface area contributed by atoms with Crippen LogP contribution in [0.25, 0.3) is 0 Å². The number of rotatable bonds is 5. The van der Waals surface area contributed by atoms with Crippen molar-refractivity contribution >= 4 is 6.21 Å². The van der Waals surface area contributed by atoms with Gasteiger partial charge in [-0.05, 0) is 43.4 Å². The monoisotopic (exact) mass is 397 g/mol. The van der Waals surface area contributed by atoms with Gasteiger partial charge in [0, 0.05) is 28.8 Å². The predicted molar refractivity (Wildman–Crippen MR) is 126 cm³/mol. The summed E-state index contributed by atoms with van der Waals surface area (Å²) in [7, 11) is 0. The summed E-state index contributed by atoms with van der Waals surface area (Å²) in [6.45, 7) is 4.25. The van der Waals surface area contributed by atoms with Gasteiger partial charge in [0.2, 0.25) is 0 Å². The van der Waals surface area contributed by atoms with Crippen LogP contribution in [0, 0.1) is 6.92 Å². The molecule has 154 valence electrons. The molecule has 0 atom stereocenters. The maximum Gasteiger partial charge on any atom is 0.129 e. The van der Waals surface area contributed by atoms with Gasteiger partial charge in [0.25, 0.3) is 0 Å². The van der Waals surface area contributed by atoms with Gasteiger partial charge in [-0.1, -0.05) is 92.1 Å². The highest BCUT2D eigenvalue weighted by Crippen LogP contribution is 2.44. The average Bonchev–Trinajstić information content (AvgIpc) is 2.80. The average molecular weight is 398 g/mol. The third-order valence-electron chi connectivity index (χ3n) is 6.67. The van der Waals surface area contributed by atoms with Crippen molar-refractivity contribution < 1.29 is 5.11 Å². The van der Waals surface area contributed by atoms with Crippen LogP contribution in [0.15, 0.2) is 77.8 Å². The van der Waals surface area contributed by atoms with Crippen molar-refractivity contribution in [3.05, 3.63) is 101 Å². The Morgan fingerprint density at radius 1 is 0.833 bits per heavy atom. The molecule has 0 aliphatic heterocycles. The largest absolute Gasteiger partial charge is 0.507 e. The summed E-state index contributed by atoms with van der Waals surface area (Å²) in [4.78, 5) is 4.86. The third-order valence-corrected chi connectivity index (χ3v) is 6.67. The second kappa shape index (κ2) is 8.87. The lowest BCUT2D eigenvalue weighted by molar-refractivity contribution is 0.443. The Balaban J connectivity index is 1.83. The molecule has 2 heteroatoms. The molecule has 1 saturated carbocycles. The number of aryl methyl sites for hydroxylation is 1. The van der Waals surface area contributed by atoms with Crippen LogP contribution >= 0.6 is 0 Å². The number of nitrogens with zero attached hydrogens (tertiary/aromatic N) is 1. The molecule has 1 aliphatic carbocycles. The molecular weight excluding hydrogens is 366 g/mol. The SMILES string of the molecule is Cc1ccc(C(C)(c2ccccc2)c2ccccc2)c(O)c1C=NC1CCCCC1. The highest BCUT2D eigenvalue weighted by Gasteiger charge is 2.34. The molecule has 3 aromatic carbocycles. The van der Waals surface area contributed by atoms with E-state index in [4.69, 9.17) is 4.99 Å². The number of phenols is 1. The van der Waals surface area contributed by atoms with Crippen LogP contribution in [0.3, 0.4) is 0 Å². The first-order valence-corrected chi connectivity index (χ1v) is 11.1. The first-order chi connectivity index (χ1) is 14.6. The standard InChI is InChI=1S/C28H31NO/c1-21-18-19-26(27(30)25(21)20-29-24-16-10-5-11-17-24)28(2,22-12-6-3-7-13-22)23-14-8-4-9-15-23/h3-4,6-9,12-15,18-20,24,30H,5,10-11,16-17H2,1-2H3. The second-order valence-electron chi connectivity index (χ2n) is 8.62. The highest BCUT2D eigenvalue weighted by molar-refractivity contribution is 5.87. The molecule has 0 aromatic heterocycles. The van der Waals surface area contributed by atoms with Crippen molar-refractivity contribution in [2.24, 2.45) is 4.99 Å². The van der Waals surface area contributed by atoms with Gasteiger partial charge in [-0.15, -0.1) is 0 Å². The van der Waals surface area contributed by atoms with Gasteiger partial charge in [0.1, 0.15) is 5.75 Å². The zero-order chi connectivity index (χ0) is 21.0. The Morgan fingerprint density at radius 3 is 1.97 bits per heavy atom. The second-order valence-corrected chi connectivity index (χ2v) is 8.62. The van der Waals surface area contributed by atoms with E-state index in [1.165, 1.54) is 19.3 Å². The zero-order valence-corrected chi connectivity index (χ0v) is 18.0. The van der Waals surface area contributed by atoms with Gasteiger partial charge < -0.3 is 5.11 Å². The quantitative estimate of drug-likeness (QED) is 0.372. The first kappa shape index (κ1) is 20.4. The number of aliphatic imine (C=N–C) groups is 1. The number of aromatic hydroxyl groups is 1. The van der Waals surface area contributed by atoms with E-state index < -0.39 is 5.41 Å². The summed E-state index contributed by atoms with van der Waals surface area (Å²) >= 11 is 0. The number of hydrogen-bond acceptors (Lipinski definition) is 2. The van der Waals surface area contributed by atoms with Crippen molar-refractivity contribution in [1.29, 1.82) is 0 Å². The van der Waals surface area contributed by atoms with E-state index in [1.54, 1.807) is 0 Å². The lowest BCUT2D eigenvalue weighted by Gasteiger charge is -2.33. The molecule has 3 aromatic rings. The van der Waals surface area contributed by atoms with Gasteiger partial charge in [-0.2, -0.15) is 0 Å². The van der Waals surface area contributed by atoms with Gasteiger partial charge in [0.05, 0.1) is 0 Å². The van der Waals surface area contributed by atoms with E-state index in [0.717, 1.165) is 40.7 Å². The molecule has 4 rings (SSSR count). The van der Waals surface area contributed by atoms with Crippen LogP contribution in [0.4, 0.5) is 0 Å². The molecule has 2 nitrogen and oxygen atoms in total. The Bertz CT molecular complexity index is 962. The Hall–Kier alpha value is -2.87. The summed E-state index contributed by atoms with van der Waals surface area (Å²) in [6.07, 6.45) is 8.06. The normalized spacial score (nSPS) is 15.5. The topological polar surface area (TPSA) is 32.6 Å². The fourth-order valence-electron chi connectivity index (χ4n) is 4.71. The molecule has 0 unspecified atom stereocenters. The molecule has 0 saturated heterocycles. The van der Waals surface area contributed by atoms with Crippen molar-refractivity contribution in [3.63, 3.8) is 0 Å². The van der Waals surface area contributed by atoms with Crippen LogP contribution in [0.1, 0.15) is 66.8 Å². The lowest BCUT2D eigenvalue weighted by atomic mass is 9.70. The minimum Gasteiger partial charge on any atom is -0.507 e. The van der Waals surface area contributed by atoms with Crippen LogP contribution < -0.4 is 0 Å². The van der Waals surface area contributed by atoms with E-state index in [0.29, 0.717) is 11.8 Å². The Kier molecular flexibility index (Phi) is 6.03. The summed E-state index contributed by atoms with van der Waals surface area (Å²) < 4.78 is 0. The number of hydrogen-bond donors (Lipinski definition) is 1. The van der Waals surface area contributed by atoms with Crippen molar-refractivity contribution in [2.45, 2.75) is 57.4 Å². The maximum absolute atomic E-state index is 11.5. The van der Waals surface area contributed by atoms with Crippen LogP contribution in [-0.4, -0.2) is 17.4 Å². The van der Waals surface area contributed by atoms with Crippen molar-refractivity contribution in [1.82, 2.24) is 0 Å². The summed E-state index contributed by atoms with van der Waals surface area (Å²) in [5.74, 6) is 0.338. The van der Waals surface area contributed by atoms with E-state index in [2.05, 4.69) is 67.6 Å².